The van der Waals surface area contributed by atoms with E-state index in [-0.39, 0.29) is 13.0 Å². The first-order chi connectivity index (χ1) is 23.4. The Morgan fingerprint density at radius 1 is 0.556 bits per heavy atom. The number of hydrogen-bond acceptors (Lipinski definition) is 4. The van der Waals surface area contributed by atoms with E-state index in [2.05, 4.69) is 5.32 Å². The molecule has 1 atom stereocenters. The van der Waals surface area contributed by atoms with Gasteiger partial charge in [-0.05, 0) is 27.1 Å². The minimum absolute atomic E-state index is 0.155. The number of nitrogens with zero attached hydrogens (tertiary/aromatic N) is 1. The minimum Gasteiger partial charge on any atom is -0.480 e. The highest BCUT2D eigenvalue weighted by Gasteiger charge is 2.99. The molecule has 0 bridgehead atoms. The number of carbonyl (C=O) groups is 2. The molecular weight excluding hydrogens is 859 g/mol. The topological polar surface area (TPSA) is 69.6 Å². The molecule has 1 amide bonds. The Morgan fingerprint density at radius 3 is 1.17 bits per heavy atom. The summed E-state index contributed by atoms with van der Waals surface area (Å²) in [5.41, 5.74) is 0. The zero-order valence-corrected chi connectivity index (χ0v) is 26.7. The molecular formula is C23H21F25N2O3S. The molecule has 322 valence electrons. The van der Waals surface area contributed by atoms with E-state index in [1.54, 1.807) is 19.0 Å². The van der Waals surface area contributed by atoms with Gasteiger partial charge in [-0.3, -0.25) is 9.59 Å². The van der Waals surface area contributed by atoms with Crippen LogP contribution in [0.3, 0.4) is 0 Å². The van der Waals surface area contributed by atoms with Crippen LogP contribution in [0.25, 0.3) is 0 Å². The second kappa shape index (κ2) is 15.4. The van der Waals surface area contributed by atoms with Gasteiger partial charge in [-0.1, -0.05) is 0 Å². The summed E-state index contributed by atoms with van der Waals surface area (Å²) in [4.78, 5) is 24.7. The maximum Gasteiger partial charge on any atom is 0.460 e. The minimum atomic E-state index is -9.67. The third kappa shape index (κ3) is 8.29. The number of carboxylic acids is 1. The second-order valence-electron chi connectivity index (χ2n) is 11.1. The Balaban J connectivity index is 6.66. The van der Waals surface area contributed by atoms with Gasteiger partial charge in [0.2, 0.25) is 5.91 Å². The van der Waals surface area contributed by atoms with Crippen LogP contribution in [-0.2, 0) is 9.59 Å². The molecule has 0 aliphatic heterocycles. The summed E-state index contributed by atoms with van der Waals surface area (Å²) in [5.74, 6) is -105. The largest absolute Gasteiger partial charge is 0.480 e. The number of carboxylic acid groups (broad SMARTS) is 1. The Bertz CT molecular complexity index is 1320. The molecule has 0 aromatic heterocycles. The van der Waals surface area contributed by atoms with E-state index < -0.39 is 119 Å². The fourth-order valence-corrected chi connectivity index (χ4v) is 4.62. The number of hydrogen-bond donors (Lipinski definition) is 2. The van der Waals surface area contributed by atoms with Gasteiger partial charge in [0.1, 0.15) is 5.25 Å². The summed E-state index contributed by atoms with van der Waals surface area (Å²) in [6, 6.07) is 0. The van der Waals surface area contributed by atoms with Crippen molar-refractivity contribution in [1.82, 2.24) is 10.2 Å². The summed E-state index contributed by atoms with van der Waals surface area (Å²) in [6.07, 6.45) is -12.3. The molecule has 0 aromatic rings. The lowest BCUT2D eigenvalue weighted by Gasteiger charge is -2.45. The summed E-state index contributed by atoms with van der Waals surface area (Å²) in [6.45, 7) is 0.183. The van der Waals surface area contributed by atoms with Gasteiger partial charge in [0.15, 0.2) is 0 Å². The molecule has 2 N–H and O–H groups in total. The number of amides is 1. The van der Waals surface area contributed by atoms with Gasteiger partial charge in [-0.15, -0.1) is 11.8 Å². The number of nitrogens with one attached hydrogen (secondary N) is 1. The van der Waals surface area contributed by atoms with Gasteiger partial charge < -0.3 is 15.3 Å². The number of alkyl halides is 25. The normalized spacial score (nSPS) is 16.1. The molecule has 0 aromatic carbocycles. The number of aliphatic carboxylic acids is 1. The van der Waals surface area contributed by atoms with Crippen molar-refractivity contribution in [3.63, 3.8) is 0 Å². The van der Waals surface area contributed by atoms with Crippen LogP contribution in [0.2, 0.25) is 0 Å². The Hall–Kier alpha value is -2.50. The highest BCUT2D eigenvalue weighted by Crippen LogP contribution is 2.68. The smallest absolute Gasteiger partial charge is 0.460 e. The predicted molar refractivity (Wildman–Crippen MR) is 130 cm³/mol. The molecule has 0 radical (unpaired) electrons. The number of carbonyl (C=O) groups excluding carboxylic acids is 1. The first-order valence-corrected chi connectivity index (χ1v) is 14.4. The van der Waals surface area contributed by atoms with Crippen LogP contribution in [0.1, 0.15) is 19.3 Å². The average molecular weight is 880 g/mol. The Kier molecular flexibility index (Phi) is 14.7. The molecule has 5 nitrogen and oxygen atoms in total. The Labute approximate surface area is 287 Å². The highest BCUT2D eigenvalue weighted by atomic mass is 32.2. The summed E-state index contributed by atoms with van der Waals surface area (Å²) < 4.78 is 340. The molecule has 0 fully saturated rings. The van der Waals surface area contributed by atoms with Crippen LogP contribution < -0.4 is 5.32 Å². The van der Waals surface area contributed by atoms with E-state index in [0.29, 0.717) is 6.54 Å². The quantitative estimate of drug-likeness (QED) is 0.0894. The van der Waals surface area contributed by atoms with Crippen molar-refractivity contribution in [3.8, 4) is 0 Å². The number of rotatable bonds is 21. The monoisotopic (exact) mass is 880 g/mol. The first-order valence-electron chi connectivity index (χ1n) is 13.3. The fraction of sp³-hybridized carbons (Fsp3) is 0.913. The molecule has 0 rings (SSSR count). The van der Waals surface area contributed by atoms with E-state index >= 15 is 0 Å². The van der Waals surface area contributed by atoms with Crippen LogP contribution in [0, 0.1) is 0 Å². The van der Waals surface area contributed by atoms with Crippen LogP contribution in [-0.4, -0.2) is 131 Å². The van der Waals surface area contributed by atoms with Crippen molar-refractivity contribution in [2.75, 3.05) is 32.9 Å². The fourth-order valence-electron chi connectivity index (χ4n) is 3.55. The van der Waals surface area contributed by atoms with E-state index in [9.17, 15) is 119 Å². The summed E-state index contributed by atoms with van der Waals surface area (Å²) in [5, 5.41) is 8.86. The number of halogens is 25. The van der Waals surface area contributed by atoms with Gasteiger partial charge in [-0.2, -0.15) is 110 Å². The predicted octanol–water partition coefficient (Wildman–Crippen LogP) is 8.57. The maximum atomic E-state index is 14.2. The highest BCUT2D eigenvalue weighted by molar-refractivity contribution is 8.00. The lowest BCUT2D eigenvalue weighted by molar-refractivity contribution is -0.482. The molecule has 31 heteroatoms. The molecule has 0 saturated heterocycles. The van der Waals surface area contributed by atoms with Gasteiger partial charge in [0.25, 0.3) is 0 Å². The number of thioether (sulfide) groups is 1. The van der Waals surface area contributed by atoms with Gasteiger partial charge in [-0.25, -0.2) is 0 Å². The SMILES string of the molecule is CN(C)CCCNC(=O)CC(SCCC(F)(F)C(F)(F)C(F)(F)C(F)(F)C(F)(F)C(F)(F)C(F)(F)C(F)(F)C(F)(F)C(F)(F)C(F)(F)C(F)(F)F)C(=O)O. The van der Waals surface area contributed by atoms with Crippen molar-refractivity contribution in [3.05, 3.63) is 0 Å². The second-order valence-corrected chi connectivity index (χ2v) is 12.4. The van der Waals surface area contributed by atoms with Crippen LogP contribution in [0.4, 0.5) is 110 Å². The molecule has 0 aliphatic carbocycles. The molecule has 0 saturated carbocycles. The van der Waals surface area contributed by atoms with Crippen molar-refractivity contribution in [2.45, 2.75) is 95.8 Å². The van der Waals surface area contributed by atoms with E-state index in [4.69, 9.17) is 5.11 Å². The van der Waals surface area contributed by atoms with Crippen molar-refractivity contribution in [1.29, 1.82) is 0 Å². The third-order valence-electron chi connectivity index (χ3n) is 6.85. The van der Waals surface area contributed by atoms with Crippen LogP contribution in [0.15, 0.2) is 0 Å². The molecule has 1 unspecified atom stereocenters. The van der Waals surface area contributed by atoms with Crippen molar-refractivity contribution >= 4 is 23.6 Å². The zero-order chi connectivity index (χ0) is 44.0. The van der Waals surface area contributed by atoms with Crippen LogP contribution >= 0.6 is 11.8 Å². The first kappa shape index (κ1) is 51.5. The van der Waals surface area contributed by atoms with Crippen LogP contribution in [0.5, 0.6) is 0 Å². The van der Waals surface area contributed by atoms with Crippen molar-refractivity contribution in [2.24, 2.45) is 0 Å². The lowest BCUT2D eigenvalue weighted by Crippen LogP contribution is -2.78. The molecule has 0 heterocycles. The van der Waals surface area contributed by atoms with Gasteiger partial charge in [0.05, 0.1) is 0 Å². The molecule has 0 aliphatic rings. The summed E-state index contributed by atoms with van der Waals surface area (Å²) in [7, 11) is 3.16. The average Bonchev–Trinajstić information content (AvgIpc) is 2.96. The summed E-state index contributed by atoms with van der Waals surface area (Å²) >= 11 is -0.535. The molecule has 0 spiro atoms. The molecule has 54 heavy (non-hydrogen) atoms. The zero-order valence-electron chi connectivity index (χ0n) is 25.9. The van der Waals surface area contributed by atoms with Crippen molar-refractivity contribution < 1.29 is 124 Å². The van der Waals surface area contributed by atoms with E-state index in [0.717, 1.165) is 0 Å². The Morgan fingerprint density at radius 2 is 0.870 bits per heavy atom. The maximum absolute atomic E-state index is 14.2. The standard InChI is InChI=1S/C23H21F25N2O3S/c1-50(2)6-3-5-49-10(51)8-9(11(52)53)54-7-4-12(24,25)13(26,27)14(28,29)15(30,31)16(32,33)17(34,35)18(36,37)19(38,39)20(40,41)21(42,43)22(44,45)23(46,47)48/h9H,3-8H2,1-2H3,(H,49,51)(H,52,53). The van der Waals surface area contributed by atoms with Gasteiger partial charge >= 0.3 is 77.3 Å². The lowest BCUT2D eigenvalue weighted by atomic mass is 9.84. The third-order valence-corrected chi connectivity index (χ3v) is 8.06. The van der Waals surface area contributed by atoms with E-state index in [1.807, 2.05) is 0 Å². The van der Waals surface area contributed by atoms with E-state index in [1.165, 1.54) is 0 Å². The van der Waals surface area contributed by atoms with Gasteiger partial charge in [0, 0.05) is 25.1 Å².